The molecule has 1 aromatic carbocycles. The Morgan fingerprint density at radius 2 is 2.05 bits per heavy atom. The molecule has 0 fully saturated rings. The predicted octanol–water partition coefficient (Wildman–Crippen LogP) is 3.02. The van der Waals surface area contributed by atoms with Gasteiger partial charge < -0.3 is 5.11 Å². The number of aromatic nitrogens is 2. The molecule has 0 atom stereocenters. The van der Waals surface area contributed by atoms with Crippen LogP contribution in [0.3, 0.4) is 0 Å². The van der Waals surface area contributed by atoms with Gasteiger partial charge in [0.2, 0.25) is 5.13 Å². The topological polar surface area (TPSA) is 70.4 Å². The number of hydrogen-bond donors (Lipinski definition) is 2. The van der Waals surface area contributed by atoms with Gasteiger partial charge in [0.25, 0.3) is 0 Å². The molecule has 5 nitrogen and oxygen atoms in total. The van der Waals surface area contributed by atoms with Crippen LogP contribution in [0.2, 0.25) is 0 Å². The molecule has 3 rings (SSSR count). The van der Waals surface area contributed by atoms with Crippen molar-refractivity contribution in [1.82, 2.24) is 9.97 Å². The Morgan fingerprint density at radius 1 is 1.19 bits per heavy atom. The molecule has 2 aromatic heterocycles. The Labute approximate surface area is 126 Å². The number of pyridine rings is 1. The van der Waals surface area contributed by atoms with Crippen molar-refractivity contribution in [3.8, 4) is 0 Å². The first-order valence-electron chi connectivity index (χ1n) is 6.49. The number of nitrogens with zero attached hydrogens (tertiary/aromatic N) is 3. The molecule has 0 spiro atoms. The summed E-state index contributed by atoms with van der Waals surface area (Å²) in [4.78, 5) is 8.76. The minimum absolute atomic E-state index is 0.0770. The van der Waals surface area contributed by atoms with Gasteiger partial charge in [0, 0.05) is 0 Å². The van der Waals surface area contributed by atoms with E-state index in [-0.39, 0.29) is 6.61 Å². The Morgan fingerprint density at radius 3 is 2.86 bits per heavy atom. The normalized spacial score (nSPS) is 11.8. The van der Waals surface area contributed by atoms with Crippen LogP contribution in [0.5, 0.6) is 0 Å². The maximum absolute atomic E-state index is 9.11. The fourth-order valence-electron chi connectivity index (χ4n) is 1.88. The second-order valence-electron chi connectivity index (χ2n) is 4.47. The average molecular weight is 298 g/mol. The van der Waals surface area contributed by atoms with Crippen molar-refractivity contribution in [1.29, 1.82) is 0 Å². The number of hydrazone groups is 1. The number of rotatable bonds is 4. The highest BCUT2D eigenvalue weighted by Gasteiger charge is 2.03. The predicted molar refractivity (Wildman–Crippen MR) is 85.6 cm³/mol. The van der Waals surface area contributed by atoms with Crippen LogP contribution in [0.15, 0.2) is 47.6 Å². The Hall–Kier alpha value is -2.31. The van der Waals surface area contributed by atoms with Crippen LogP contribution in [-0.2, 0) is 6.61 Å². The van der Waals surface area contributed by atoms with Crippen LogP contribution in [0, 0.1) is 0 Å². The maximum Gasteiger partial charge on any atom is 0.204 e. The molecule has 0 unspecified atom stereocenters. The van der Waals surface area contributed by atoms with Crippen molar-refractivity contribution in [3.05, 3.63) is 53.9 Å². The van der Waals surface area contributed by atoms with Gasteiger partial charge in [-0.3, -0.25) is 5.43 Å². The van der Waals surface area contributed by atoms with E-state index >= 15 is 0 Å². The fourth-order valence-corrected chi connectivity index (χ4v) is 2.69. The highest BCUT2D eigenvalue weighted by molar-refractivity contribution is 7.22. The molecule has 0 radical (unpaired) electrons. The zero-order valence-electron chi connectivity index (χ0n) is 11.4. The zero-order chi connectivity index (χ0) is 14.7. The summed E-state index contributed by atoms with van der Waals surface area (Å²) in [5, 5.41) is 14.2. The van der Waals surface area contributed by atoms with Gasteiger partial charge in [-0.15, -0.1) is 0 Å². The summed E-state index contributed by atoms with van der Waals surface area (Å²) in [7, 11) is 0. The van der Waals surface area contributed by atoms with E-state index in [2.05, 4.69) is 20.5 Å². The maximum atomic E-state index is 9.11. The smallest absolute Gasteiger partial charge is 0.204 e. The minimum Gasteiger partial charge on any atom is -0.390 e. The third-order valence-electron chi connectivity index (χ3n) is 2.95. The molecule has 0 saturated heterocycles. The van der Waals surface area contributed by atoms with E-state index in [1.807, 2.05) is 43.3 Å². The summed E-state index contributed by atoms with van der Waals surface area (Å²) in [5.74, 6) is 0. The van der Waals surface area contributed by atoms with Crippen LogP contribution in [0.4, 0.5) is 5.13 Å². The molecule has 0 aliphatic heterocycles. The molecule has 0 aliphatic carbocycles. The molecule has 21 heavy (non-hydrogen) atoms. The van der Waals surface area contributed by atoms with Gasteiger partial charge in [-0.25, -0.2) is 9.97 Å². The van der Waals surface area contributed by atoms with Gasteiger partial charge in [0.1, 0.15) is 0 Å². The molecule has 0 bridgehead atoms. The monoisotopic (exact) mass is 298 g/mol. The first-order valence-corrected chi connectivity index (χ1v) is 7.31. The number of para-hydroxylation sites is 1. The molecule has 0 aliphatic rings. The number of hydrogen-bond acceptors (Lipinski definition) is 6. The highest BCUT2D eigenvalue weighted by atomic mass is 32.1. The lowest BCUT2D eigenvalue weighted by atomic mass is 10.2. The van der Waals surface area contributed by atoms with Gasteiger partial charge in [-0.2, -0.15) is 5.10 Å². The van der Waals surface area contributed by atoms with Crippen molar-refractivity contribution in [2.45, 2.75) is 13.5 Å². The molecule has 106 valence electrons. The van der Waals surface area contributed by atoms with E-state index in [9.17, 15) is 0 Å². The number of aliphatic hydroxyl groups is 1. The number of anilines is 1. The van der Waals surface area contributed by atoms with Crippen LogP contribution in [0.1, 0.15) is 18.3 Å². The van der Waals surface area contributed by atoms with Gasteiger partial charge in [-0.05, 0) is 31.2 Å². The third kappa shape index (κ3) is 3.07. The molecular formula is C15H14N4OS. The molecular weight excluding hydrogens is 284 g/mol. The minimum atomic E-state index is -0.0770. The van der Waals surface area contributed by atoms with Crippen molar-refractivity contribution < 1.29 is 5.11 Å². The first-order chi connectivity index (χ1) is 10.3. The average Bonchev–Trinajstić information content (AvgIpc) is 2.95. The molecule has 3 aromatic rings. The lowest BCUT2D eigenvalue weighted by Crippen LogP contribution is -2.04. The van der Waals surface area contributed by atoms with Crippen molar-refractivity contribution >= 4 is 32.4 Å². The molecule has 2 N–H and O–H groups in total. The lowest BCUT2D eigenvalue weighted by Gasteiger charge is -2.02. The van der Waals surface area contributed by atoms with Crippen LogP contribution in [0.25, 0.3) is 10.2 Å². The quantitative estimate of drug-likeness (QED) is 0.574. The largest absolute Gasteiger partial charge is 0.390 e. The van der Waals surface area contributed by atoms with Gasteiger partial charge in [0.15, 0.2) is 0 Å². The third-order valence-corrected chi connectivity index (χ3v) is 3.89. The number of thiazole rings is 1. The Bertz CT molecular complexity index is 764. The van der Waals surface area contributed by atoms with E-state index < -0.39 is 0 Å². The number of benzene rings is 1. The molecule has 2 heterocycles. The second-order valence-corrected chi connectivity index (χ2v) is 5.50. The second kappa shape index (κ2) is 5.99. The van der Waals surface area contributed by atoms with Crippen molar-refractivity contribution in [3.63, 3.8) is 0 Å². The summed E-state index contributed by atoms with van der Waals surface area (Å²) in [6.07, 6.45) is 0. The van der Waals surface area contributed by atoms with Crippen LogP contribution < -0.4 is 5.43 Å². The SMILES string of the molecule is C/C(=N\Nc1nc2ccccc2s1)c1cccc(CO)n1. The van der Waals surface area contributed by atoms with Crippen LogP contribution >= 0.6 is 11.3 Å². The number of nitrogens with one attached hydrogen (secondary N) is 1. The summed E-state index contributed by atoms with van der Waals surface area (Å²) >= 11 is 1.55. The molecule has 0 amide bonds. The Kier molecular flexibility index (Phi) is 3.89. The van der Waals surface area contributed by atoms with E-state index in [4.69, 9.17) is 5.11 Å². The fraction of sp³-hybridized carbons (Fsp3) is 0.133. The summed E-state index contributed by atoms with van der Waals surface area (Å²) in [6, 6.07) is 13.4. The lowest BCUT2D eigenvalue weighted by molar-refractivity contribution is 0.277. The molecule has 6 heteroatoms. The van der Waals surface area contributed by atoms with Crippen molar-refractivity contribution in [2.24, 2.45) is 5.10 Å². The number of fused-ring (bicyclic) bond motifs is 1. The molecule has 0 saturated carbocycles. The number of aliphatic hydroxyl groups excluding tert-OH is 1. The van der Waals surface area contributed by atoms with Crippen molar-refractivity contribution in [2.75, 3.05) is 5.43 Å². The van der Waals surface area contributed by atoms with Gasteiger partial charge in [0.05, 0.1) is 33.9 Å². The summed E-state index contributed by atoms with van der Waals surface area (Å²) in [5.41, 5.74) is 6.02. The zero-order valence-corrected chi connectivity index (χ0v) is 12.3. The summed E-state index contributed by atoms with van der Waals surface area (Å²) < 4.78 is 1.12. The van der Waals surface area contributed by atoms with E-state index in [1.54, 1.807) is 17.4 Å². The van der Waals surface area contributed by atoms with Gasteiger partial charge in [-0.1, -0.05) is 29.5 Å². The Balaban J connectivity index is 1.80. The van der Waals surface area contributed by atoms with E-state index in [0.717, 1.165) is 26.8 Å². The van der Waals surface area contributed by atoms with E-state index in [1.165, 1.54) is 0 Å². The standard InChI is InChI=1S/C15H14N4OS/c1-10(12-7-4-5-11(9-20)16-12)18-19-15-17-13-6-2-3-8-14(13)21-15/h2-8,20H,9H2,1H3,(H,17,19)/b18-10+. The first kappa shape index (κ1) is 13.7. The highest BCUT2D eigenvalue weighted by Crippen LogP contribution is 2.25. The van der Waals surface area contributed by atoms with E-state index in [0.29, 0.717) is 5.69 Å². The van der Waals surface area contributed by atoms with Crippen LogP contribution in [-0.4, -0.2) is 20.8 Å². The van der Waals surface area contributed by atoms with Gasteiger partial charge >= 0.3 is 0 Å². The summed E-state index contributed by atoms with van der Waals surface area (Å²) in [6.45, 7) is 1.79.